The Morgan fingerprint density at radius 1 is 1.24 bits per heavy atom. The number of aryl methyl sites for hydroxylation is 2. The number of nitrogens with zero attached hydrogens (tertiary/aromatic N) is 2. The summed E-state index contributed by atoms with van der Waals surface area (Å²) in [4.78, 5) is 6.33. The highest BCUT2D eigenvalue weighted by atomic mass is 32.2. The number of fused-ring (bicyclic) bond motifs is 1. The first-order valence-electron chi connectivity index (χ1n) is 8.06. The molecule has 0 amide bonds. The van der Waals surface area contributed by atoms with Crippen LogP contribution in [0.4, 0.5) is 0 Å². The molecule has 1 saturated heterocycles. The maximum absolute atomic E-state index is 12.1. The Hall–Kier alpha value is -0.460. The van der Waals surface area contributed by atoms with Crippen molar-refractivity contribution in [2.24, 2.45) is 0 Å². The molecule has 1 aromatic rings. The summed E-state index contributed by atoms with van der Waals surface area (Å²) in [5.74, 6) is 0.747. The van der Waals surface area contributed by atoms with E-state index in [2.05, 4.69) is 0 Å². The Morgan fingerprint density at radius 3 is 2.62 bits per heavy atom. The van der Waals surface area contributed by atoms with Crippen molar-refractivity contribution >= 4 is 21.4 Å². The minimum Gasteiger partial charge on any atom is -0.246 e. The predicted octanol–water partition coefficient (Wildman–Crippen LogP) is 2.94. The van der Waals surface area contributed by atoms with Crippen LogP contribution in [-0.4, -0.2) is 36.5 Å². The van der Waals surface area contributed by atoms with Crippen molar-refractivity contribution in [3.63, 3.8) is 0 Å². The first-order valence-corrected chi connectivity index (χ1v) is 10.5. The van der Waals surface area contributed by atoms with Crippen LogP contribution < -0.4 is 0 Å². The summed E-state index contributed by atoms with van der Waals surface area (Å²) < 4.78 is 25.9. The van der Waals surface area contributed by atoms with Gasteiger partial charge in [0.15, 0.2) is 0 Å². The van der Waals surface area contributed by atoms with Crippen molar-refractivity contribution < 1.29 is 8.42 Å². The SMILES string of the molecule is CCCS(=O)(=O)N1CCC(c2nc3c(s2)CCCC3)CC1. The van der Waals surface area contributed by atoms with Gasteiger partial charge in [0.05, 0.1) is 16.5 Å². The van der Waals surface area contributed by atoms with E-state index >= 15 is 0 Å². The van der Waals surface area contributed by atoms with Gasteiger partial charge in [-0.3, -0.25) is 0 Å². The first-order chi connectivity index (χ1) is 10.1. The molecule has 1 fully saturated rings. The number of aromatic nitrogens is 1. The van der Waals surface area contributed by atoms with Crippen LogP contribution in [0, 0.1) is 0 Å². The average Bonchev–Trinajstić information content (AvgIpc) is 2.91. The van der Waals surface area contributed by atoms with E-state index in [1.165, 1.54) is 34.8 Å². The summed E-state index contributed by atoms with van der Waals surface area (Å²) in [5, 5.41) is 1.26. The summed E-state index contributed by atoms with van der Waals surface area (Å²) in [5.41, 5.74) is 1.32. The van der Waals surface area contributed by atoms with E-state index in [0.29, 0.717) is 25.4 Å². The zero-order valence-electron chi connectivity index (χ0n) is 12.7. The summed E-state index contributed by atoms with van der Waals surface area (Å²) >= 11 is 1.88. The molecule has 0 N–H and O–H groups in total. The largest absolute Gasteiger partial charge is 0.246 e. The predicted molar refractivity (Wildman–Crippen MR) is 86.4 cm³/mol. The third-order valence-corrected chi connectivity index (χ3v) is 7.92. The van der Waals surface area contributed by atoms with Gasteiger partial charge in [0.2, 0.25) is 10.0 Å². The molecule has 3 rings (SSSR count). The number of hydrogen-bond donors (Lipinski definition) is 0. The molecule has 0 radical (unpaired) electrons. The lowest BCUT2D eigenvalue weighted by atomic mass is 9.99. The number of hydrogen-bond acceptors (Lipinski definition) is 4. The number of sulfonamides is 1. The van der Waals surface area contributed by atoms with Crippen LogP contribution in [-0.2, 0) is 22.9 Å². The molecular weight excluding hydrogens is 304 g/mol. The molecule has 1 aromatic heterocycles. The van der Waals surface area contributed by atoms with E-state index in [1.807, 2.05) is 18.3 Å². The monoisotopic (exact) mass is 328 g/mol. The van der Waals surface area contributed by atoms with Gasteiger partial charge in [-0.2, -0.15) is 0 Å². The molecule has 6 heteroatoms. The highest BCUT2D eigenvalue weighted by Gasteiger charge is 2.30. The van der Waals surface area contributed by atoms with Gasteiger partial charge in [-0.05, 0) is 44.9 Å². The first kappa shape index (κ1) is 15.4. The molecule has 0 saturated carbocycles. The fraction of sp³-hybridized carbons (Fsp3) is 0.800. The zero-order valence-corrected chi connectivity index (χ0v) is 14.3. The fourth-order valence-corrected chi connectivity index (χ4v) is 6.18. The van der Waals surface area contributed by atoms with Crippen molar-refractivity contribution in [1.82, 2.24) is 9.29 Å². The van der Waals surface area contributed by atoms with E-state index < -0.39 is 10.0 Å². The van der Waals surface area contributed by atoms with Gasteiger partial charge < -0.3 is 0 Å². The molecule has 0 unspecified atom stereocenters. The van der Waals surface area contributed by atoms with Crippen LogP contribution in [0.3, 0.4) is 0 Å². The minimum atomic E-state index is -3.02. The highest BCUT2D eigenvalue weighted by Crippen LogP contribution is 2.35. The van der Waals surface area contributed by atoms with Gasteiger partial charge in [0.25, 0.3) is 0 Å². The normalized spacial score (nSPS) is 21.4. The summed E-state index contributed by atoms with van der Waals surface area (Å²) in [6.07, 6.45) is 7.44. The lowest BCUT2D eigenvalue weighted by molar-refractivity contribution is 0.319. The summed E-state index contributed by atoms with van der Waals surface area (Å²) in [6, 6.07) is 0. The lowest BCUT2D eigenvalue weighted by Gasteiger charge is -2.30. The van der Waals surface area contributed by atoms with Gasteiger partial charge in [-0.1, -0.05) is 6.92 Å². The number of piperidine rings is 1. The Kier molecular flexibility index (Phi) is 4.66. The Bertz CT molecular complexity index is 563. The molecular formula is C15H24N2O2S2. The molecule has 0 bridgehead atoms. The van der Waals surface area contributed by atoms with E-state index in [0.717, 1.165) is 19.3 Å². The zero-order chi connectivity index (χ0) is 14.9. The summed E-state index contributed by atoms with van der Waals surface area (Å²) in [6.45, 7) is 3.25. The standard InChI is InChI=1S/C15H24N2O2S2/c1-2-11-21(18,19)17-9-7-12(8-10-17)15-16-13-5-3-4-6-14(13)20-15/h12H,2-11H2,1H3. The minimum absolute atomic E-state index is 0.281. The Labute approximate surface area is 131 Å². The molecule has 0 spiro atoms. The Balaban J connectivity index is 1.64. The van der Waals surface area contributed by atoms with Gasteiger partial charge in [-0.15, -0.1) is 11.3 Å². The topological polar surface area (TPSA) is 50.3 Å². The van der Waals surface area contributed by atoms with Crippen molar-refractivity contribution in [1.29, 1.82) is 0 Å². The second-order valence-electron chi connectivity index (χ2n) is 6.12. The van der Waals surface area contributed by atoms with Gasteiger partial charge in [-0.25, -0.2) is 17.7 Å². The van der Waals surface area contributed by atoms with Crippen LogP contribution in [0.2, 0.25) is 0 Å². The van der Waals surface area contributed by atoms with Crippen molar-refractivity contribution in [2.45, 2.75) is 57.8 Å². The maximum atomic E-state index is 12.1. The van der Waals surface area contributed by atoms with Crippen LogP contribution in [0.5, 0.6) is 0 Å². The highest BCUT2D eigenvalue weighted by molar-refractivity contribution is 7.89. The average molecular weight is 329 g/mol. The van der Waals surface area contributed by atoms with Crippen molar-refractivity contribution in [3.05, 3.63) is 15.6 Å². The van der Waals surface area contributed by atoms with Gasteiger partial charge >= 0.3 is 0 Å². The van der Waals surface area contributed by atoms with Crippen molar-refractivity contribution in [3.8, 4) is 0 Å². The number of rotatable bonds is 4. The van der Waals surface area contributed by atoms with Crippen LogP contribution in [0.15, 0.2) is 0 Å². The van der Waals surface area contributed by atoms with Crippen molar-refractivity contribution in [2.75, 3.05) is 18.8 Å². The third kappa shape index (κ3) is 3.32. The fourth-order valence-electron chi connectivity index (χ4n) is 3.31. The van der Waals surface area contributed by atoms with Gasteiger partial charge in [0, 0.05) is 23.9 Å². The molecule has 118 valence electrons. The smallest absolute Gasteiger partial charge is 0.214 e. The molecule has 1 aliphatic heterocycles. The molecule has 1 aliphatic carbocycles. The molecule has 0 atom stereocenters. The molecule has 0 aromatic carbocycles. The van der Waals surface area contributed by atoms with Crippen LogP contribution >= 0.6 is 11.3 Å². The third-order valence-electron chi connectivity index (χ3n) is 4.52. The molecule has 21 heavy (non-hydrogen) atoms. The van der Waals surface area contributed by atoms with E-state index in [1.54, 1.807) is 4.31 Å². The van der Waals surface area contributed by atoms with E-state index in [-0.39, 0.29) is 5.75 Å². The van der Waals surface area contributed by atoms with Crippen LogP contribution in [0.25, 0.3) is 0 Å². The van der Waals surface area contributed by atoms with Gasteiger partial charge in [0.1, 0.15) is 0 Å². The Morgan fingerprint density at radius 2 is 1.95 bits per heavy atom. The summed E-state index contributed by atoms with van der Waals surface area (Å²) in [7, 11) is -3.02. The number of thiazole rings is 1. The van der Waals surface area contributed by atoms with E-state index in [9.17, 15) is 8.42 Å². The second-order valence-corrected chi connectivity index (χ2v) is 9.32. The quantitative estimate of drug-likeness (QED) is 0.854. The maximum Gasteiger partial charge on any atom is 0.214 e. The molecule has 2 aliphatic rings. The lowest BCUT2D eigenvalue weighted by Crippen LogP contribution is -2.39. The molecule has 2 heterocycles. The van der Waals surface area contributed by atoms with Crippen LogP contribution in [0.1, 0.15) is 60.5 Å². The molecule has 4 nitrogen and oxygen atoms in total. The van der Waals surface area contributed by atoms with E-state index in [4.69, 9.17) is 4.98 Å². The second kappa shape index (κ2) is 6.34.